The van der Waals surface area contributed by atoms with Crippen molar-refractivity contribution >= 4 is 17.2 Å². The number of aliphatic hydroxyl groups excluding tert-OH is 1. The maximum absolute atomic E-state index is 11.8. The Morgan fingerprint density at radius 2 is 2.20 bits per heavy atom. The Morgan fingerprint density at radius 3 is 2.95 bits per heavy atom. The second kappa shape index (κ2) is 7.49. The Morgan fingerprint density at radius 1 is 1.30 bits per heavy atom. The first-order valence-corrected chi connectivity index (χ1v) is 7.18. The molecule has 2 rings (SSSR count). The predicted molar refractivity (Wildman–Crippen MR) is 80.3 cm³/mol. The van der Waals surface area contributed by atoms with Gasteiger partial charge in [0.25, 0.3) is 0 Å². The normalized spacial score (nSPS) is 9.65. The van der Waals surface area contributed by atoms with Crippen LogP contribution in [0.25, 0.3) is 0 Å². The highest BCUT2D eigenvalue weighted by atomic mass is 32.1. The van der Waals surface area contributed by atoms with E-state index in [0.29, 0.717) is 13.0 Å². The predicted octanol–water partition coefficient (Wildman–Crippen LogP) is 1.95. The molecule has 0 aliphatic rings. The number of benzene rings is 1. The molecule has 102 valence electrons. The molecule has 0 aliphatic carbocycles. The van der Waals surface area contributed by atoms with Crippen molar-refractivity contribution in [2.24, 2.45) is 0 Å². The third-order valence-corrected chi connectivity index (χ3v) is 3.41. The summed E-state index contributed by atoms with van der Waals surface area (Å²) in [4.78, 5) is 11.8. The summed E-state index contributed by atoms with van der Waals surface area (Å²) in [6, 6.07) is 9.57. The van der Waals surface area contributed by atoms with Crippen LogP contribution in [-0.4, -0.2) is 17.6 Å². The summed E-state index contributed by atoms with van der Waals surface area (Å²) >= 11 is 1.59. The summed E-state index contributed by atoms with van der Waals surface area (Å²) in [7, 11) is 0. The second-order valence-corrected chi connectivity index (χ2v) is 5.03. The molecule has 0 aliphatic heterocycles. The molecular formula is C16H15NO2S. The SMILES string of the molecule is O=C(Cc1ccsc1)NCc1cccc(C#CCO)c1. The van der Waals surface area contributed by atoms with Gasteiger partial charge in [0, 0.05) is 12.1 Å². The van der Waals surface area contributed by atoms with Gasteiger partial charge >= 0.3 is 0 Å². The van der Waals surface area contributed by atoms with Crippen molar-refractivity contribution in [2.75, 3.05) is 6.61 Å². The third kappa shape index (κ3) is 4.54. The number of hydrogen-bond donors (Lipinski definition) is 2. The van der Waals surface area contributed by atoms with E-state index in [9.17, 15) is 4.79 Å². The maximum Gasteiger partial charge on any atom is 0.224 e. The van der Waals surface area contributed by atoms with Crippen molar-refractivity contribution in [3.63, 3.8) is 0 Å². The van der Waals surface area contributed by atoms with Gasteiger partial charge in [-0.3, -0.25) is 4.79 Å². The van der Waals surface area contributed by atoms with Crippen molar-refractivity contribution < 1.29 is 9.90 Å². The van der Waals surface area contributed by atoms with Crippen LogP contribution in [0.5, 0.6) is 0 Å². The number of thiophene rings is 1. The molecule has 0 unspecified atom stereocenters. The molecule has 0 fully saturated rings. The summed E-state index contributed by atoms with van der Waals surface area (Å²) in [6.07, 6.45) is 0.410. The first kappa shape index (κ1) is 14.3. The number of aliphatic hydroxyl groups is 1. The van der Waals surface area contributed by atoms with E-state index < -0.39 is 0 Å². The van der Waals surface area contributed by atoms with Crippen LogP contribution in [0.4, 0.5) is 0 Å². The third-order valence-electron chi connectivity index (χ3n) is 2.67. The zero-order chi connectivity index (χ0) is 14.2. The first-order valence-electron chi connectivity index (χ1n) is 6.24. The average Bonchev–Trinajstić information content (AvgIpc) is 2.96. The molecule has 2 aromatic rings. The highest BCUT2D eigenvalue weighted by Crippen LogP contribution is 2.07. The van der Waals surface area contributed by atoms with Crippen LogP contribution >= 0.6 is 11.3 Å². The van der Waals surface area contributed by atoms with Crippen LogP contribution in [0.1, 0.15) is 16.7 Å². The highest BCUT2D eigenvalue weighted by molar-refractivity contribution is 7.07. The molecule has 0 bridgehead atoms. The van der Waals surface area contributed by atoms with Crippen LogP contribution in [-0.2, 0) is 17.8 Å². The molecule has 20 heavy (non-hydrogen) atoms. The van der Waals surface area contributed by atoms with E-state index in [4.69, 9.17) is 5.11 Å². The van der Waals surface area contributed by atoms with Crippen LogP contribution in [0.3, 0.4) is 0 Å². The molecule has 0 atom stereocenters. The Hall–Kier alpha value is -2.09. The summed E-state index contributed by atoms with van der Waals surface area (Å²) < 4.78 is 0. The Kier molecular flexibility index (Phi) is 5.36. The molecule has 0 spiro atoms. The van der Waals surface area contributed by atoms with Crippen molar-refractivity contribution in [2.45, 2.75) is 13.0 Å². The van der Waals surface area contributed by atoms with Crippen LogP contribution < -0.4 is 5.32 Å². The summed E-state index contributed by atoms with van der Waals surface area (Å²) in [5.74, 6) is 5.46. The summed E-state index contributed by atoms with van der Waals surface area (Å²) in [5, 5.41) is 15.5. The lowest BCUT2D eigenvalue weighted by Crippen LogP contribution is -2.24. The fraction of sp³-hybridized carbons (Fsp3) is 0.188. The summed E-state index contributed by atoms with van der Waals surface area (Å²) in [5.41, 5.74) is 2.87. The van der Waals surface area contributed by atoms with E-state index in [1.807, 2.05) is 41.1 Å². The van der Waals surface area contributed by atoms with Crippen LogP contribution in [0.15, 0.2) is 41.1 Å². The number of amides is 1. The van der Waals surface area contributed by atoms with Gasteiger partial charge in [-0.1, -0.05) is 24.0 Å². The standard InChI is InChI=1S/C16H15NO2S/c18-7-2-5-13-3-1-4-14(9-13)11-17-16(19)10-15-6-8-20-12-15/h1,3-4,6,8-9,12,18H,7,10-11H2,(H,17,19). The minimum atomic E-state index is -0.151. The van der Waals surface area contributed by atoms with Gasteiger partial charge in [-0.25, -0.2) is 0 Å². The van der Waals surface area contributed by atoms with E-state index in [2.05, 4.69) is 17.2 Å². The van der Waals surface area contributed by atoms with Gasteiger partial charge in [0.2, 0.25) is 5.91 Å². The van der Waals surface area contributed by atoms with Gasteiger partial charge in [0.1, 0.15) is 6.61 Å². The monoisotopic (exact) mass is 285 g/mol. The Balaban J connectivity index is 1.88. The van der Waals surface area contributed by atoms with Gasteiger partial charge in [-0.15, -0.1) is 0 Å². The van der Waals surface area contributed by atoms with E-state index in [0.717, 1.165) is 16.7 Å². The lowest BCUT2D eigenvalue weighted by molar-refractivity contribution is -0.120. The number of nitrogens with one attached hydrogen (secondary N) is 1. The Labute approximate surface area is 122 Å². The molecule has 0 saturated heterocycles. The maximum atomic E-state index is 11.8. The Bertz CT molecular complexity index is 623. The molecule has 1 amide bonds. The van der Waals surface area contributed by atoms with Crippen LogP contribution in [0.2, 0.25) is 0 Å². The number of carbonyl (C=O) groups is 1. The van der Waals surface area contributed by atoms with Crippen molar-refractivity contribution in [3.8, 4) is 11.8 Å². The van der Waals surface area contributed by atoms with Gasteiger partial charge < -0.3 is 10.4 Å². The molecule has 3 nitrogen and oxygen atoms in total. The fourth-order valence-corrected chi connectivity index (χ4v) is 2.41. The molecule has 0 saturated carbocycles. The zero-order valence-corrected chi connectivity index (χ0v) is 11.7. The van der Waals surface area contributed by atoms with E-state index in [-0.39, 0.29) is 12.5 Å². The van der Waals surface area contributed by atoms with E-state index in [1.54, 1.807) is 11.3 Å². The lowest BCUT2D eigenvalue weighted by Gasteiger charge is -2.05. The molecule has 2 N–H and O–H groups in total. The first-order chi connectivity index (χ1) is 9.78. The molecule has 4 heteroatoms. The number of hydrogen-bond acceptors (Lipinski definition) is 3. The van der Waals surface area contributed by atoms with Gasteiger partial charge in [0.05, 0.1) is 6.42 Å². The van der Waals surface area contributed by atoms with Gasteiger partial charge in [-0.2, -0.15) is 11.3 Å². The average molecular weight is 285 g/mol. The molecule has 1 aromatic heterocycles. The molecule has 0 radical (unpaired) electrons. The second-order valence-electron chi connectivity index (χ2n) is 4.25. The number of carbonyl (C=O) groups excluding carboxylic acids is 1. The quantitative estimate of drug-likeness (QED) is 0.844. The number of rotatable bonds is 4. The largest absolute Gasteiger partial charge is 0.384 e. The van der Waals surface area contributed by atoms with Crippen molar-refractivity contribution in [3.05, 3.63) is 57.8 Å². The minimum absolute atomic E-state index is 0.00949. The fourth-order valence-electron chi connectivity index (χ4n) is 1.74. The van der Waals surface area contributed by atoms with E-state index >= 15 is 0 Å². The zero-order valence-electron chi connectivity index (χ0n) is 10.9. The van der Waals surface area contributed by atoms with Crippen molar-refractivity contribution in [1.82, 2.24) is 5.32 Å². The molecule has 1 aromatic carbocycles. The van der Waals surface area contributed by atoms with Gasteiger partial charge in [-0.05, 0) is 40.1 Å². The summed E-state index contributed by atoms with van der Waals surface area (Å²) in [6.45, 7) is 0.333. The molecule has 1 heterocycles. The minimum Gasteiger partial charge on any atom is -0.384 e. The topological polar surface area (TPSA) is 49.3 Å². The van der Waals surface area contributed by atoms with Gasteiger partial charge in [0.15, 0.2) is 0 Å². The van der Waals surface area contributed by atoms with Crippen molar-refractivity contribution in [1.29, 1.82) is 0 Å². The highest BCUT2D eigenvalue weighted by Gasteiger charge is 2.03. The smallest absolute Gasteiger partial charge is 0.224 e. The molecular weight excluding hydrogens is 270 g/mol. The van der Waals surface area contributed by atoms with E-state index in [1.165, 1.54) is 0 Å². The lowest BCUT2D eigenvalue weighted by atomic mass is 10.1. The van der Waals surface area contributed by atoms with Crippen LogP contribution in [0, 0.1) is 11.8 Å².